The molecule has 0 N–H and O–H groups in total. The van der Waals surface area contributed by atoms with Gasteiger partial charge >= 0.3 is 0 Å². The number of carbonyl (C=O) groups excluding carboxylic acids is 1. The van der Waals surface area contributed by atoms with Gasteiger partial charge in [0.05, 0.1) is 12.3 Å². The molecule has 1 aliphatic heterocycles. The number of aromatic nitrogens is 2. The second-order valence-electron chi connectivity index (χ2n) is 8.20. The highest BCUT2D eigenvalue weighted by atomic mass is 16.5. The zero-order valence-electron chi connectivity index (χ0n) is 15.1. The van der Waals surface area contributed by atoms with Crippen LogP contribution >= 0.6 is 0 Å². The highest BCUT2D eigenvalue weighted by Crippen LogP contribution is 2.62. The molecule has 0 spiro atoms. The number of benzene rings is 1. The molecule has 1 aromatic heterocycles. The lowest BCUT2D eigenvalue weighted by atomic mass is 9.48. The summed E-state index contributed by atoms with van der Waals surface area (Å²) in [5, 5.41) is 4.22. The number of fused-ring (bicyclic) bond motifs is 1. The summed E-state index contributed by atoms with van der Waals surface area (Å²) in [4.78, 5) is 15.0. The fourth-order valence-corrected chi connectivity index (χ4v) is 5.12. The van der Waals surface area contributed by atoms with Crippen LogP contribution in [0.25, 0.3) is 5.69 Å². The molecular formula is C20H25N3O2. The van der Waals surface area contributed by atoms with E-state index in [1.807, 2.05) is 41.4 Å². The number of nitrogens with zero attached hydrogens (tertiary/aromatic N) is 3. The van der Waals surface area contributed by atoms with Crippen molar-refractivity contribution < 1.29 is 9.53 Å². The van der Waals surface area contributed by atoms with E-state index in [-0.39, 0.29) is 16.7 Å². The van der Waals surface area contributed by atoms with Crippen LogP contribution in [-0.2, 0) is 4.74 Å². The van der Waals surface area contributed by atoms with E-state index in [1.165, 1.54) is 0 Å². The van der Waals surface area contributed by atoms with Gasteiger partial charge in [0, 0.05) is 43.6 Å². The smallest absolute Gasteiger partial charge is 0.253 e. The first-order valence-corrected chi connectivity index (χ1v) is 8.83. The highest BCUT2D eigenvalue weighted by molar-refractivity contribution is 5.94. The maximum absolute atomic E-state index is 13.0. The maximum atomic E-state index is 13.0. The van der Waals surface area contributed by atoms with E-state index in [1.54, 1.807) is 18.0 Å². The quantitative estimate of drug-likeness (QED) is 0.860. The first-order chi connectivity index (χ1) is 12.0. The lowest BCUT2D eigenvalue weighted by Gasteiger charge is -2.56. The Balaban J connectivity index is 1.52. The molecule has 2 atom stereocenters. The fraction of sp³-hybridized carbons (Fsp3) is 0.500. The Hall–Kier alpha value is -2.14. The fourth-order valence-electron chi connectivity index (χ4n) is 5.12. The van der Waals surface area contributed by atoms with Crippen molar-refractivity contribution in [2.24, 2.45) is 16.7 Å². The predicted molar refractivity (Wildman–Crippen MR) is 95.7 cm³/mol. The second kappa shape index (κ2) is 5.70. The Bertz CT molecular complexity index is 767. The molecule has 0 radical (unpaired) electrons. The minimum Gasteiger partial charge on any atom is -0.384 e. The minimum absolute atomic E-state index is 0.118. The van der Waals surface area contributed by atoms with Gasteiger partial charge in [-0.2, -0.15) is 5.10 Å². The summed E-state index contributed by atoms with van der Waals surface area (Å²) in [6.45, 7) is 6.98. The summed E-state index contributed by atoms with van der Waals surface area (Å²) in [5.74, 6) is 0.639. The molecule has 1 aromatic carbocycles. The van der Waals surface area contributed by atoms with Crippen LogP contribution in [-0.4, -0.2) is 47.4 Å². The molecule has 4 rings (SSSR count). The van der Waals surface area contributed by atoms with Gasteiger partial charge < -0.3 is 9.64 Å². The third kappa shape index (κ3) is 2.58. The molecule has 1 saturated carbocycles. The van der Waals surface area contributed by atoms with Crippen LogP contribution < -0.4 is 0 Å². The van der Waals surface area contributed by atoms with Crippen LogP contribution in [0.2, 0.25) is 0 Å². The summed E-state index contributed by atoms with van der Waals surface area (Å²) in [6.07, 6.45) is 4.77. The van der Waals surface area contributed by atoms with Gasteiger partial charge in [-0.3, -0.25) is 4.79 Å². The van der Waals surface area contributed by atoms with Crippen molar-refractivity contribution >= 4 is 5.91 Å². The van der Waals surface area contributed by atoms with Crippen molar-refractivity contribution in [3.05, 3.63) is 48.3 Å². The monoisotopic (exact) mass is 339 g/mol. The average Bonchev–Trinajstić information content (AvgIpc) is 3.21. The van der Waals surface area contributed by atoms with E-state index >= 15 is 0 Å². The number of carbonyl (C=O) groups is 1. The number of hydrogen-bond donors (Lipinski definition) is 0. The molecule has 132 valence electrons. The highest BCUT2D eigenvalue weighted by Gasteiger charge is 2.63. The summed E-state index contributed by atoms with van der Waals surface area (Å²) in [5.41, 5.74) is 2.13. The molecule has 25 heavy (non-hydrogen) atoms. The van der Waals surface area contributed by atoms with Crippen molar-refractivity contribution in [1.82, 2.24) is 14.7 Å². The van der Waals surface area contributed by atoms with Gasteiger partial charge in [-0.1, -0.05) is 13.8 Å². The maximum Gasteiger partial charge on any atom is 0.253 e. The number of rotatable bonds is 4. The number of methoxy groups -OCH3 is 1. The number of likely N-dealkylation sites (tertiary alicyclic amines) is 1. The Labute approximate surface area is 148 Å². The van der Waals surface area contributed by atoms with Gasteiger partial charge in [-0.25, -0.2) is 4.68 Å². The average molecular weight is 339 g/mol. The summed E-state index contributed by atoms with van der Waals surface area (Å²) in [7, 11) is 1.76. The molecule has 5 heteroatoms. The van der Waals surface area contributed by atoms with Crippen LogP contribution in [0.3, 0.4) is 0 Å². The summed E-state index contributed by atoms with van der Waals surface area (Å²) < 4.78 is 7.28. The molecule has 0 bridgehead atoms. The third-order valence-corrected chi connectivity index (χ3v) is 6.00. The third-order valence-electron chi connectivity index (χ3n) is 6.00. The molecular weight excluding hydrogens is 314 g/mol. The van der Waals surface area contributed by atoms with Crippen molar-refractivity contribution in [2.75, 3.05) is 26.8 Å². The van der Waals surface area contributed by atoms with Gasteiger partial charge in [0.15, 0.2) is 0 Å². The lowest BCUT2D eigenvalue weighted by molar-refractivity contribution is -0.107. The molecule has 2 aliphatic rings. The van der Waals surface area contributed by atoms with Gasteiger partial charge in [0.25, 0.3) is 5.91 Å². The van der Waals surface area contributed by atoms with E-state index in [9.17, 15) is 4.79 Å². The van der Waals surface area contributed by atoms with Crippen molar-refractivity contribution in [2.45, 2.75) is 20.3 Å². The second-order valence-corrected chi connectivity index (χ2v) is 8.20. The topological polar surface area (TPSA) is 47.4 Å². The van der Waals surface area contributed by atoms with Gasteiger partial charge in [0.2, 0.25) is 0 Å². The van der Waals surface area contributed by atoms with Crippen LogP contribution in [0, 0.1) is 16.7 Å². The van der Waals surface area contributed by atoms with E-state index in [0.29, 0.717) is 5.92 Å². The molecule has 1 aliphatic carbocycles. The van der Waals surface area contributed by atoms with Crippen LogP contribution in [0.15, 0.2) is 42.7 Å². The normalized spacial score (nSPS) is 27.0. The van der Waals surface area contributed by atoms with Crippen LogP contribution in [0.1, 0.15) is 30.6 Å². The Morgan fingerprint density at radius 2 is 2.08 bits per heavy atom. The molecule has 0 unspecified atom stereocenters. The molecule has 2 fully saturated rings. The van der Waals surface area contributed by atoms with Crippen molar-refractivity contribution in [3.8, 4) is 5.69 Å². The van der Waals surface area contributed by atoms with E-state index < -0.39 is 0 Å². The first-order valence-electron chi connectivity index (χ1n) is 8.83. The molecule has 2 aromatic rings. The Kier molecular flexibility index (Phi) is 3.72. The zero-order chi connectivity index (χ0) is 17.7. The van der Waals surface area contributed by atoms with Gasteiger partial charge in [0.1, 0.15) is 0 Å². The van der Waals surface area contributed by atoms with Crippen molar-refractivity contribution in [1.29, 1.82) is 0 Å². The predicted octanol–water partition coefficient (Wildman–Crippen LogP) is 3.01. The lowest BCUT2D eigenvalue weighted by Crippen LogP contribution is -2.55. The van der Waals surface area contributed by atoms with Gasteiger partial charge in [-0.05, 0) is 48.1 Å². The number of ether oxygens (including phenoxy) is 1. The van der Waals surface area contributed by atoms with E-state index in [0.717, 1.165) is 37.4 Å². The van der Waals surface area contributed by atoms with Crippen LogP contribution in [0.5, 0.6) is 0 Å². The molecule has 2 heterocycles. The molecule has 5 nitrogen and oxygen atoms in total. The van der Waals surface area contributed by atoms with Crippen LogP contribution in [0.4, 0.5) is 0 Å². The minimum atomic E-state index is 0.118. The zero-order valence-corrected chi connectivity index (χ0v) is 15.1. The van der Waals surface area contributed by atoms with Crippen molar-refractivity contribution in [3.63, 3.8) is 0 Å². The molecule has 1 amide bonds. The summed E-state index contributed by atoms with van der Waals surface area (Å²) in [6, 6.07) is 9.57. The largest absolute Gasteiger partial charge is 0.384 e. The Morgan fingerprint density at radius 3 is 2.68 bits per heavy atom. The number of amides is 1. The first kappa shape index (κ1) is 16.3. The number of hydrogen-bond acceptors (Lipinski definition) is 3. The Morgan fingerprint density at radius 1 is 1.32 bits per heavy atom. The SMILES string of the molecule is COC[C@@]12CN(C(=O)c3ccc(-n4cccn4)cc3)C[C@@H]1C(C)(C)C2. The summed E-state index contributed by atoms with van der Waals surface area (Å²) >= 11 is 0. The standard InChI is InChI=1S/C20H25N3O2/c1-19(2)12-20(14-25-3)13-22(11-17(19)20)18(24)15-5-7-16(8-6-15)23-10-4-9-21-23/h4-10,17H,11-14H2,1-3H3/t17-,20-/m1/s1. The molecule has 1 saturated heterocycles. The van der Waals surface area contributed by atoms with E-state index in [2.05, 4.69) is 18.9 Å². The van der Waals surface area contributed by atoms with Gasteiger partial charge in [-0.15, -0.1) is 0 Å². The van der Waals surface area contributed by atoms with E-state index in [4.69, 9.17) is 4.74 Å².